The fourth-order valence-corrected chi connectivity index (χ4v) is 2.48. The third-order valence-electron chi connectivity index (χ3n) is 3.28. The fraction of sp³-hybridized carbons (Fsp3) is 0.667. The van der Waals surface area contributed by atoms with E-state index >= 15 is 0 Å². The Balaban J connectivity index is 2.31. The van der Waals surface area contributed by atoms with Crippen LogP contribution in [-0.4, -0.2) is 34.3 Å². The zero-order valence-electron chi connectivity index (χ0n) is 10.1. The lowest BCUT2D eigenvalue weighted by molar-refractivity contribution is 0.254. The highest BCUT2D eigenvalue weighted by molar-refractivity contribution is 6.28. The monoisotopic (exact) mass is 255 g/mol. The second kappa shape index (κ2) is 5.65. The van der Waals surface area contributed by atoms with Gasteiger partial charge in [0.05, 0.1) is 12.6 Å². The van der Waals surface area contributed by atoms with Gasteiger partial charge in [-0.05, 0) is 31.4 Å². The summed E-state index contributed by atoms with van der Waals surface area (Å²) in [7, 11) is 0. The molecule has 0 saturated carbocycles. The van der Waals surface area contributed by atoms with Crippen molar-refractivity contribution in [3.8, 4) is 0 Å². The largest absolute Gasteiger partial charge is 0.394 e. The first kappa shape index (κ1) is 12.6. The van der Waals surface area contributed by atoms with Crippen LogP contribution in [0.15, 0.2) is 6.20 Å². The van der Waals surface area contributed by atoms with Gasteiger partial charge in [0.15, 0.2) is 0 Å². The van der Waals surface area contributed by atoms with Gasteiger partial charge in [0.1, 0.15) is 5.82 Å². The Kier molecular flexibility index (Phi) is 4.18. The number of halogens is 1. The second-order valence-corrected chi connectivity index (χ2v) is 4.86. The van der Waals surface area contributed by atoms with Crippen molar-refractivity contribution in [3.05, 3.63) is 17.0 Å². The molecule has 0 bridgehead atoms. The topological polar surface area (TPSA) is 49.2 Å². The van der Waals surface area contributed by atoms with E-state index in [2.05, 4.69) is 14.9 Å². The van der Waals surface area contributed by atoms with Crippen LogP contribution < -0.4 is 4.90 Å². The van der Waals surface area contributed by atoms with E-state index in [1.54, 1.807) is 6.20 Å². The van der Waals surface area contributed by atoms with E-state index in [0.717, 1.165) is 30.8 Å². The molecular weight excluding hydrogens is 238 g/mol. The highest BCUT2D eigenvalue weighted by atomic mass is 35.5. The molecule has 1 aromatic rings. The number of aromatic nitrogens is 2. The fourth-order valence-electron chi connectivity index (χ4n) is 2.35. The van der Waals surface area contributed by atoms with Crippen LogP contribution >= 0.6 is 11.6 Å². The van der Waals surface area contributed by atoms with Crippen LogP contribution in [0.5, 0.6) is 0 Å². The number of aryl methyl sites for hydroxylation is 1. The van der Waals surface area contributed by atoms with E-state index in [1.165, 1.54) is 12.8 Å². The summed E-state index contributed by atoms with van der Waals surface area (Å²) in [5.74, 6) is 0.867. The van der Waals surface area contributed by atoms with Gasteiger partial charge in [0.2, 0.25) is 5.28 Å². The summed E-state index contributed by atoms with van der Waals surface area (Å²) in [6, 6.07) is 0.155. The van der Waals surface area contributed by atoms with E-state index in [0.29, 0.717) is 0 Å². The summed E-state index contributed by atoms with van der Waals surface area (Å²) in [6.07, 6.45) is 6.27. The molecule has 1 N–H and O–H groups in total. The Morgan fingerprint density at radius 2 is 2.29 bits per heavy atom. The number of rotatable bonds is 2. The average molecular weight is 256 g/mol. The van der Waals surface area contributed by atoms with Gasteiger partial charge < -0.3 is 10.0 Å². The van der Waals surface area contributed by atoms with Gasteiger partial charge in [0.25, 0.3) is 0 Å². The molecule has 2 rings (SSSR count). The van der Waals surface area contributed by atoms with E-state index in [-0.39, 0.29) is 17.9 Å². The number of hydrogen-bond donors (Lipinski definition) is 1. The summed E-state index contributed by atoms with van der Waals surface area (Å²) in [4.78, 5) is 10.5. The smallest absolute Gasteiger partial charge is 0.224 e. The quantitative estimate of drug-likeness (QED) is 0.823. The summed E-state index contributed by atoms with van der Waals surface area (Å²) in [5, 5.41) is 9.76. The van der Waals surface area contributed by atoms with Crippen molar-refractivity contribution in [2.75, 3.05) is 18.1 Å². The molecule has 17 heavy (non-hydrogen) atoms. The van der Waals surface area contributed by atoms with Crippen LogP contribution in [0.25, 0.3) is 0 Å². The van der Waals surface area contributed by atoms with Crippen molar-refractivity contribution in [1.82, 2.24) is 9.97 Å². The summed E-state index contributed by atoms with van der Waals surface area (Å²) in [6.45, 7) is 3.07. The van der Waals surface area contributed by atoms with E-state index < -0.39 is 0 Å². The molecule has 0 spiro atoms. The van der Waals surface area contributed by atoms with Gasteiger partial charge >= 0.3 is 0 Å². The normalized spacial score (nSPS) is 21.4. The van der Waals surface area contributed by atoms with Gasteiger partial charge in [-0.2, -0.15) is 0 Å². The number of anilines is 1. The second-order valence-electron chi connectivity index (χ2n) is 4.52. The Hall–Kier alpha value is -0.870. The highest BCUT2D eigenvalue weighted by Crippen LogP contribution is 2.25. The minimum atomic E-state index is 0.155. The van der Waals surface area contributed by atoms with Crippen molar-refractivity contribution < 1.29 is 5.11 Å². The molecule has 94 valence electrons. The molecule has 0 amide bonds. The van der Waals surface area contributed by atoms with Crippen LogP contribution in [0, 0.1) is 6.92 Å². The molecule has 1 unspecified atom stereocenters. The third-order valence-corrected chi connectivity index (χ3v) is 3.46. The molecule has 4 nitrogen and oxygen atoms in total. The zero-order chi connectivity index (χ0) is 12.3. The van der Waals surface area contributed by atoms with Crippen molar-refractivity contribution in [2.24, 2.45) is 0 Å². The first-order chi connectivity index (χ1) is 8.22. The SMILES string of the molecule is Cc1cnc(Cl)nc1N1CCCCCC1CO. The number of aliphatic hydroxyl groups is 1. The number of nitrogens with zero attached hydrogens (tertiary/aromatic N) is 3. The van der Waals surface area contributed by atoms with Gasteiger partial charge in [-0.3, -0.25) is 0 Å². The lowest BCUT2D eigenvalue weighted by Crippen LogP contribution is -2.38. The lowest BCUT2D eigenvalue weighted by atomic mass is 10.1. The Bertz CT molecular complexity index is 386. The highest BCUT2D eigenvalue weighted by Gasteiger charge is 2.23. The Morgan fingerprint density at radius 1 is 1.47 bits per heavy atom. The van der Waals surface area contributed by atoms with Gasteiger partial charge in [-0.25, -0.2) is 9.97 Å². The molecule has 0 aliphatic carbocycles. The summed E-state index contributed by atoms with van der Waals surface area (Å²) >= 11 is 5.86. The summed E-state index contributed by atoms with van der Waals surface area (Å²) < 4.78 is 0. The maximum Gasteiger partial charge on any atom is 0.224 e. The predicted octanol–water partition coefficient (Wildman–Crippen LogP) is 2.18. The minimum absolute atomic E-state index is 0.155. The maximum atomic E-state index is 9.49. The molecular formula is C12H18ClN3O. The summed E-state index contributed by atoms with van der Waals surface area (Å²) in [5.41, 5.74) is 1.01. The maximum absolute atomic E-state index is 9.49. The van der Waals surface area contributed by atoms with Crippen LogP contribution in [0.1, 0.15) is 31.2 Å². The Labute approximate surface area is 107 Å². The van der Waals surface area contributed by atoms with E-state index in [4.69, 9.17) is 11.6 Å². The van der Waals surface area contributed by atoms with Gasteiger partial charge in [-0.15, -0.1) is 0 Å². The molecule has 1 aliphatic heterocycles. The van der Waals surface area contributed by atoms with Crippen LogP contribution in [0.4, 0.5) is 5.82 Å². The number of aliphatic hydroxyl groups excluding tert-OH is 1. The molecule has 1 saturated heterocycles. The Morgan fingerprint density at radius 3 is 3.06 bits per heavy atom. The molecule has 0 aromatic carbocycles. The molecule has 5 heteroatoms. The van der Waals surface area contributed by atoms with Crippen molar-refractivity contribution in [2.45, 2.75) is 38.6 Å². The average Bonchev–Trinajstić information content (AvgIpc) is 2.57. The van der Waals surface area contributed by atoms with E-state index in [1.807, 2.05) is 6.92 Å². The van der Waals surface area contributed by atoms with Gasteiger partial charge in [-0.1, -0.05) is 12.8 Å². The van der Waals surface area contributed by atoms with Crippen LogP contribution in [0.2, 0.25) is 5.28 Å². The lowest BCUT2D eigenvalue weighted by Gasteiger charge is -2.30. The zero-order valence-corrected chi connectivity index (χ0v) is 10.8. The molecule has 1 fully saturated rings. The predicted molar refractivity (Wildman–Crippen MR) is 68.5 cm³/mol. The standard InChI is InChI=1S/C12H18ClN3O/c1-9-7-14-12(13)15-11(9)16-6-4-2-3-5-10(16)8-17/h7,10,17H,2-6,8H2,1H3. The molecule has 1 aliphatic rings. The molecule has 1 atom stereocenters. The van der Waals surface area contributed by atoms with Crippen molar-refractivity contribution in [3.63, 3.8) is 0 Å². The van der Waals surface area contributed by atoms with Crippen LogP contribution in [-0.2, 0) is 0 Å². The van der Waals surface area contributed by atoms with E-state index in [9.17, 15) is 5.11 Å². The molecule has 1 aromatic heterocycles. The van der Waals surface area contributed by atoms with Crippen molar-refractivity contribution in [1.29, 1.82) is 0 Å². The third kappa shape index (κ3) is 2.87. The van der Waals surface area contributed by atoms with Crippen LogP contribution in [0.3, 0.4) is 0 Å². The molecule has 0 radical (unpaired) electrons. The van der Waals surface area contributed by atoms with Crippen molar-refractivity contribution >= 4 is 17.4 Å². The minimum Gasteiger partial charge on any atom is -0.394 e. The first-order valence-electron chi connectivity index (χ1n) is 6.09. The first-order valence-corrected chi connectivity index (χ1v) is 6.47. The molecule has 2 heterocycles. The number of hydrogen-bond acceptors (Lipinski definition) is 4. The van der Waals surface area contributed by atoms with Gasteiger partial charge in [0, 0.05) is 18.3 Å².